The number of benzene rings is 2. The van der Waals surface area contributed by atoms with E-state index in [0.29, 0.717) is 16.3 Å². The van der Waals surface area contributed by atoms with Crippen LogP contribution >= 0.6 is 11.6 Å². The number of aliphatic hydroxyl groups is 1. The zero-order valence-electron chi connectivity index (χ0n) is 20.5. The third-order valence-electron chi connectivity index (χ3n) is 6.46. The molecule has 2 heterocycles. The number of carbonyl (C=O) groups is 2. The van der Waals surface area contributed by atoms with Gasteiger partial charge in [-0.3, -0.25) is 14.4 Å². The Balaban J connectivity index is 1.70. The molecule has 2 amide bonds. The Kier molecular flexibility index (Phi) is 8.27. The summed E-state index contributed by atoms with van der Waals surface area (Å²) in [7, 11) is 3.05. The third kappa shape index (κ3) is 5.53. The average Bonchev–Trinajstić information content (AvgIpc) is 3.23. The maximum Gasteiger partial charge on any atom is 0.274 e. The van der Waals surface area contributed by atoms with E-state index < -0.39 is 35.4 Å². The molecule has 2 N–H and O–H groups in total. The monoisotopic (exact) mass is 525 g/mol. The number of ether oxygens (including phenoxy) is 2. The molecule has 0 aliphatic carbocycles. The standard InChI is InChI=1S/C27H28ClN3O6/c1-36-16-20(15-32)30-13-3-4-23(26(30)34)31-14-22(17-7-11-21(37-2)12-8-17)24(27(31)35)29-25(33)18-5-9-19(28)10-6-18/h3-13,20,22,24,32H,14-16H2,1-2H3,(H,29,33)/t20?,22-,24-/m0/s1. The molecule has 1 aliphatic heterocycles. The highest BCUT2D eigenvalue weighted by Crippen LogP contribution is 2.32. The largest absolute Gasteiger partial charge is 0.497 e. The van der Waals surface area contributed by atoms with E-state index in [1.54, 1.807) is 61.8 Å². The van der Waals surface area contributed by atoms with Crippen molar-refractivity contribution in [3.8, 4) is 5.75 Å². The Bertz CT molecular complexity index is 1310. The summed E-state index contributed by atoms with van der Waals surface area (Å²) in [6.07, 6.45) is 1.55. The van der Waals surface area contributed by atoms with E-state index in [-0.39, 0.29) is 25.4 Å². The van der Waals surface area contributed by atoms with Crippen LogP contribution in [0.15, 0.2) is 71.7 Å². The van der Waals surface area contributed by atoms with Gasteiger partial charge in [0, 0.05) is 36.4 Å². The summed E-state index contributed by atoms with van der Waals surface area (Å²) >= 11 is 5.95. The summed E-state index contributed by atoms with van der Waals surface area (Å²) < 4.78 is 11.7. The Hall–Kier alpha value is -3.66. The summed E-state index contributed by atoms with van der Waals surface area (Å²) in [4.78, 5) is 41.5. The lowest BCUT2D eigenvalue weighted by Gasteiger charge is -2.21. The van der Waals surface area contributed by atoms with Crippen molar-refractivity contribution in [3.63, 3.8) is 0 Å². The van der Waals surface area contributed by atoms with Gasteiger partial charge in [-0.1, -0.05) is 23.7 Å². The first-order valence-electron chi connectivity index (χ1n) is 11.7. The highest BCUT2D eigenvalue weighted by molar-refractivity contribution is 6.30. The van der Waals surface area contributed by atoms with Crippen molar-refractivity contribution >= 4 is 29.1 Å². The van der Waals surface area contributed by atoms with Crippen LogP contribution in [0, 0.1) is 0 Å². The predicted molar refractivity (Wildman–Crippen MR) is 139 cm³/mol. The number of anilines is 1. The first-order chi connectivity index (χ1) is 17.9. The summed E-state index contributed by atoms with van der Waals surface area (Å²) in [5, 5.41) is 13.1. The van der Waals surface area contributed by atoms with Crippen LogP contribution in [0.3, 0.4) is 0 Å². The topological polar surface area (TPSA) is 110 Å². The number of halogens is 1. The van der Waals surface area contributed by atoms with Crippen molar-refractivity contribution in [2.45, 2.75) is 18.0 Å². The Morgan fingerprint density at radius 3 is 2.43 bits per heavy atom. The highest BCUT2D eigenvalue weighted by atomic mass is 35.5. The number of methoxy groups -OCH3 is 2. The molecule has 194 valence electrons. The quantitative estimate of drug-likeness (QED) is 0.444. The summed E-state index contributed by atoms with van der Waals surface area (Å²) in [5.41, 5.74) is 0.882. The maximum atomic E-state index is 13.7. The molecule has 1 fully saturated rings. The third-order valence-corrected chi connectivity index (χ3v) is 6.71. The lowest BCUT2D eigenvalue weighted by atomic mass is 9.93. The molecule has 4 rings (SSSR count). The molecule has 0 saturated carbocycles. The van der Waals surface area contributed by atoms with Crippen LogP contribution in [0.4, 0.5) is 5.69 Å². The molecule has 1 aromatic heterocycles. The number of hydrogen-bond donors (Lipinski definition) is 2. The van der Waals surface area contributed by atoms with Crippen molar-refractivity contribution in [1.29, 1.82) is 0 Å². The predicted octanol–water partition coefficient (Wildman–Crippen LogP) is 2.62. The molecule has 9 nitrogen and oxygen atoms in total. The lowest BCUT2D eigenvalue weighted by molar-refractivity contribution is -0.118. The zero-order valence-corrected chi connectivity index (χ0v) is 21.2. The molecular weight excluding hydrogens is 498 g/mol. The van der Waals surface area contributed by atoms with Gasteiger partial charge in [0.05, 0.1) is 26.4 Å². The van der Waals surface area contributed by atoms with Gasteiger partial charge in [0.25, 0.3) is 11.5 Å². The fraction of sp³-hybridized carbons (Fsp3) is 0.296. The van der Waals surface area contributed by atoms with E-state index in [4.69, 9.17) is 21.1 Å². The van der Waals surface area contributed by atoms with E-state index in [2.05, 4.69) is 5.32 Å². The summed E-state index contributed by atoms with van der Waals surface area (Å²) in [5.74, 6) is -0.618. The molecule has 3 aromatic rings. The minimum absolute atomic E-state index is 0.127. The molecule has 1 unspecified atom stereocenters. The normalized spacial score (nSPS) is 18.1. The van der Waals surface area contributed by atoms with Crippen molar-refractivity contribution in [3.05, 3.63) is 93.4 Å². The van der Waals surface area contributed by atoms with Gasteiger partial charge in [-0.05, 0) is 54.1 Å². The van der Waals surface area contributed by atoms with Crippen molar-refractivity contribution in [2.24, 2.45) is 0 Å². The van der Waals surface area contributed by atoms with Crippen molar-refractivity contribution in [1.82, 2.24) is 9.88 Å². The average molecular weight is 526 g/mol. The van der Waals surface area contributed by atoms with Crippen LogP contribution in [0.25, 0.3) is 0 Å². The van der Waals surface area contributed by atoms with E-state index in [1.807, 2.05) is 12.1 Å². The fourth-order valence-electron chi connectivity index (χ4n) is 4.49. The highest BCUT2D eigenvalue weighted by Gasteiger charge is 2.43. The maximum absolute atomic E-state index is 13.7. The van der Waals surface area contributed by atoms with Crippen LogP contribution in [0.5, 0.6) is 5.75 Å². The van der Waals surface area contributed by atoms with Crippen molar-refractivity contribution in [2.75, 3.05) is 38.9 Å². The smallest absolute Gasteiger partial charge is 0.274 e. The number of hydrogen-bond acceptors (Lipinski definition) is 6. The number of nitrogens with one attached hydrogen (secondary N) is 1. The molecule has 10 heteroatoms. The molecule has 1 saturated heterocycles. The number of carbonyl (C=O) groups excluding carboxylic acids is 2. The van der Waals surface area contributed by atoms with Gasteiger partial charge >= 0.3 is 0 Å². The second kappa shape index (κ2) is 11.6. The summed E-state index contributed by atoms with van der Waals surface area (Å²) in [6.45, 7) is -0.00843. The van der Waals surface area contributed by atoms with Gasteiger partial charge in [-0.15, -0.1) is 0 Å². The molecule has 0 bridgehead atoms. The first-order valence-corrected chi connectivity index (χ1v) is 12.1. The van der Waals surface area contributed by atoms with E-state index in [0.717, 1.165) is 5.56 Å². The molecule has 0 radical (unpaired) electrons. The fourth-order valence-corrected chi connectivity index (χ4v) is 4.62. The Labute approximate surface area is 219 Å². The summed E-state index contributed by atoms with van der Waals surface area (Å²) in [6, 6.07) is 15.3. The van der Waals surface area contributed by atoms with Crippen molar-refractivity contribution < 1.29 is 24.2 Å². The van der Waals surface area contributed by atoms with E-state index >= 15 is 0 Å². The molecule has 1 aliphatic rings. The van der Waals surface area contributed by atoms with Gasteiger partial charge in [0.15, 0.2) is 0 Å². The SMILES string of the molecule is COCC(CO)n1cccc(N2C[C@@H](c3ccc(OC)cc3)[C@H](NC(=O)c3ccc(Cl)cc3)C2=O)c1=O. The van der Waals surface area contributed by atoms with Crippen LogP contribution in [-0.4, -0.2) is 61.5 Å². The molecule has 3 atom stereocenters. The number of rotatable bonds is 9. The van der Waals surface area contributed by atoms with Gasteiger partial charge in [0.2, 0.25) is 5.91 Å². The molecule has 37 heavy (non-hydrogen) atoms. The first kappa shape index (κ1) is 26.4. The van der Waals surface area contributed by atoms with Crippen LogP contribution in [0.2, 0.25) is 5.02 Å². The van der Waals surface area contributed by atoms with Gasteiger partial charge < -0.3 is 29.4 Å². The van der Waals surface area contributed by atoms with Gasteiger partial charge in [-0.25, -0.2) is 0 Å². The molecule has 2 aromatic carbocycles. The zero-order chi connectivity index (χ0) is 26.5. The number of aliphatic hydroxyl groups excluding tert-OH is 1. The second-order valence-corrected chi connectivity index (χ2v) is 9.12. The van der Waals surface area contributed by atoms with E-state index in [9.17, 15) is 19.5 Å². The molecular formula is C27H28ClN3O6. The Morgan fingerprint density at radius 1 is 1.11 bits per heavy atom. The minimum Gasteiger partial charge on any atom is -0.497 e. The minimum atomic E-state index is -0.919. The van der Waals surface area contributed by atoms with Crippen LogP contribution in [0.1, 0.15) is 27.9 Å². The van der Waals surface area contributed by atoms with Gasteiger partial charge in [0.1, 0.15) is 17.5 Å². The number of pyridine rings is 1. The second-order valence-electron chi connectivity index (χ2n) is 8.68. The number of amides is 2. The van der Waals surface area contributed by atoms with Crippen LogP contribution in [-0.2, 0) is 9.53 Å². The lowest BCUT2D eigenvalue weighted by Crippen LogP contribution is -2.44. The number of nitrogens with zero attached hydrogens (tertiary/aromatic N) is 2. The van der Waals surface area contributed by atoms with E-state index in [1.165, 1.54) is 16.6 Å². The van der Waals surface area contributed by atoms with Crippen LogP contribution < -0.4 is 20.5 Å². The molecule has 0 spiro atoms. The van der Waals surface area contributed by atoms with Gasteiger partial charge in [-0.2, -0.15) is 0 Å². The number of aromatic nitrogens is 1. The Morgan fingerprint density at radius 2 is 1.81 bits per heavy atom.